The second kappa shape index (κ2) is 10.3. The van der Waals surface area contributed by atoms with Crippen molar-refractivity contribution in [3.05, 3.63) is 30.0 Å². The van der Waals surface area contributed by atoms with Gasteiger partial charge in [-0.2, -0.15) is 0 Å². The first kappa shape index (κ1) is 24.9. The lowest BCUT2D eigenvalue weighted by Crippen LogP contribution is -2.53. The molecule has 2 aliphatic heterocycles. The summed E-state index contributed by atoms with van der Waals surface area (Å²) < 4.78 is 0. The van der Waals surface area contributed by atoms with Crippen molar-refractivity contribution < 1.29 is 19.2 Å². The molecule has 0 spiro atoms. The minimum Gasteiger partial charge on any atom is -0.356 e. The third kappa shape index (κ3) is 4.53. The summed E-state index contributed by atoms with van der Waals surface area (Å²) in [5.74, 6) is -0.491. The number of hydrogen-bond donors (Lipinski definition) is 3. The van der Waals surface area contributed by atoms with Crippen LogP contribution >= 0.6 is 11.8 Å². The van der Waals surface area contributed by atoms with E-state index in [2.05, 4.69) is 15.6 Å². The summed E-state index contributed by atoms with van der Waals surface area (Å²) in [6, 6.07) is 6.50. The molecule has 1 aromatic heterocycles. The van der Waals surface area contributed by atoms with Crippen molar-refractivity contribution in [2.24, 2.45) is 17.8 Å². The molecule has 2 aromatic rings. The highest BCUT2D eigenvalue weighted by Crippen LogP contribution is 2.43. The Morgan fingerprint density at radius 1 is 1.22 bits per heavy atom. The van der Waals surface area contributed by atoms with E-state index in [0.717, 1.165) is 35.1 Å². The van der Waals surface area contributed by atoms with Crippen LogP contribution in [0.25, 0.3) is 10.9 Å². The van der Waals surface area contributed by atoms with Crippen LogP contribution in [0.15, 0.2) is 29.2 Å². The normalized spacial score (nSPS) is 26.2. The van der Waals surface area contributed by atoms with Gasteiger partial charge in [-0.15, -0.1) is 11.8 Å². The summed E-state index contributed by atoms with van der Waals surface area (Å²) in [6.45, 7) is 2.92. The van der Waals surface area contributed by atoms with Gasteiger partial charge in [0.2, 0.25) is 11.8 Å². The highest BCUT2D eigenvalue weighted by atomic mass is 32.2. The van der Waals surface area contributed by atoms with Crippen LogP contribution in [0.1, 0.15) is 55.9 Å². The number of rotatable bonds is 8. The minimum absolute atomic E-state index is 0.0601. The van der Waals surface area contributed by atoms with Crippen molar-refractivity contribution in [2.75, 3.05) is 19.3 Å². The Bertz CT molecular complexity index is 1190. The Morgan fingerprint density at radius 3 is 2.78 bits per heavy atom. The zero-order chi connectivity index (χ0) is 25.4. The van der Waals surface area contributed by atoms with Crippen molar-refractivity contribution in [1.29, 1.82) is 0 Å². The number of nitrogens with one attached hydrogen (secondary N) is 3. The van der Waals surface area contributed by atoms with E-state index < -0.39 is 12.1 Å². The summed E-state index contributed by atoms with van der Waals surface area (Å²) in [5.41, 5.74) is 1.38. The summed E-state index contributed by atoms with van der Waals surface area (Å²) in [7, 11) is 0. The minimum atomic E-state index is -0.717. The van der Waals surface area contributed by atoms with Gasteiger partial charge in [0.25, 0.3) is 5.91 Å². The maximum Gasteiger partial charge on any atom is 0.271 e. The highest BCUT2D eigenvalue weighted by molar-refractivity contribution is 7.98. The van der Waals surface area contributed by atoms with E-state index in [1.807, 2.05) is 30.5 Å². The highest BCUT2D eigenvalue weighted by Gasteiger charge is 2.50. The van der Waals surface area contributed by atoms with Gasteiger partial charge in [0.15, 0.2) is 5.78 Å². The van der Waals surface area contributed by atoms with Crippen molar-refractivity contribution in [1.82, 2.24) is 20.5 Å². The number of ketones is 1. The van der Waals surface area contributed by atoms with Gasteiger partial charge < -0.3 is 20.5 Å². The number of Topliss-reactive ketones (excluding diaryl/α,β-unsaturated/α-hetero) is 1. The molecular weight excluding hydrogens is 476 g/mol. The molecular formula is C27H34N4O4S. The van der Waals surface area contributed by atoms with E-state index in [4.69, 9.17) is 0 Å². The molecule has 192 valence electrons. The number of fused-ring (bicyclic) bond motifs is 2. The van der Waals surface area contributed by atoms with Gasteiger partial charge in [0.1, 0.15) is 11.7 Å². The fourth-order valence-electron chi connectivity index (χ4n) is 6.35. The monoisotopic (exact) mass is 510 g/mol. The number of likely N-dealkylation sites (tertiary alicyclic amines) is 1. The SMILES string of the molecule is CCC(=O)C(CC1CCNC1=O)NC(=O)C1C2CCCC2CN1C(=O)c1cc2c(SC)cccc2[nH]1. The molecule has 1 saturated carbocycles. The van der Waals surface area contributed by atoms with Crippen LogP contribution in [0, 0.1) is 17.8 Å². The molecule has 5 rings (SSSR count). The number of H-pyrrole nitrogens is 1. The van der Waals surface area contributed by atoms with E-state index in [9.17, 15) is 19.2 Å². The number of carbonyl (C=O) groups excluding carboxylic acids is 4. The summed E-state index contributed by atoms with van der Waals surface area (Å²) in [6.07, 6.45) is 6.20. The van der Waals surface area contributed by atoms with Gasteiger partial charge in [-0.25, -0.2) is 0 Å². The molecule has 1 aromatic carbocycles. The van der Waals surface area contributed by atoms with Crippen LogP contribution in [0.2, 0.25) is 0 Å². The molecule has 2 saturated heterocycles. The number of amides is 3. The largest absolute Gasteiger partial charge is 0.356 e. The Kier molecular flexibility index (Phi) is 7.10. The zero-order valence-electron chi connectivity index (χ0n) is 20.8. The Hall–Kier alpha value is -2.81. The number of nitrogens with zero attached hydrogens (tertiary/aromatic N) is 1. The maximum atomic E-state index is 13.7. The number of aromatic nitrogens is 1. The molecule has 3 aliphatic rings. The molecule has 1 aliphatic carbocycles. The molecule has 0 radical (unpaired) electrons. The van der Waals surface area contributed by atoms with Gasteiger partial charge in [-0.05, 0) is 62.0 Å². The number of carbonyl (C=O) groups is 4. The van der Waals surface area contributed by atoms with Gasteiger partial charge >= 0.3 is 0 Å². The quantitative estimate of drug-likeness (QED) is 0.473. The van der Waals surface area contributed by atoms with E-state index >= 15 is 0 Å². The van der Waals surface area contributed by atoms with Crippen LogP contribution < -0.4 is 10.6 Å². The predicted molar refractivity (Wildman–Crippen MR) is 139 cm³/mol. The number of aromatic amines is 1. The first-order chi connectivity index (χ1) is 17.4. The van der Waals surface area contributed by atoms with Gasteiger partial charge in [-0.1, -0.05) is 19.4 Å². The Morgan fingerprint density at radius 2 is 2.06 bits per heavy atom. The van der Waals surface area contributed by atoms with Crippen molar-refractivity contribution in [3.63, 3.8) is 0 Å². The molecule has 8 nitrogen and oxygen atoms in total. The third-order valence-electron chi connectivity index (χ3n) is 8.23. The molecule has 36 heavy (non-hydrogen) atoms. The summed E-state index contributed by atoms with van der Waals surface area (Å²) >= 11 is 1.63. The standard InChI is InChI=1S/C27H34N4O4S/c1-3-22(32)20(12-15-10-11-28-25(15)33)30-26(34)24-17-7-4-6-16(17)14-31(24)27(35)21-13-18-19(29-21)8-5-9-23(18)36-2/h5,8-9,13,15-17,20,24,29H,3-4,6-7,10-12,14H2,1-2H3,(H,28,33)(H,30,34). The second-order valence-electron chi connectivity index (χ2n) is 10.3. The van der Waals surface area contributed by atoms with Crippen molar-refractivity contribution >= 4 is 46.2 Å². The Labute approximate surface area is 215 Å². The van der Waals surface area contributed by atoms with Crippen LogP contribution in [0.4, 0.5) is 0 Å². The summed E-state index contributed by atoms with van der Waals surface area (Å²) in [5, 5.41) is 6.78. The topological polar surface area (TPSA) is 111 Å². The first-order valence-corrected chi connectivity index (χ1v) is 14.2. The first-order valence-electron chi connectivity index (χ1n) is 13.0. The summed E-state index contributed by atoms with van der Waals surface area (Å²) in [4.78, 5) is 58.4. The lowest BCUT2D eigenvalue weighted by Gasteiger charge is -2.29. The van der Waals surface area contributed by atoms with Crippen LogP contribution in [-0.2, 0) is 14.4 Å². The number of hydrogen-bond acceptors (Lipinski definition) is 5. The second-order valence-corrected chi connectivity index (χ2v) is 11.1. The maximum absolute atomic E-state index is 13.7. The molecule has 5 atom stereocenters. The van der Waals surface area contributed by atoms with E-state index in [1.165, 1.54) is 0 Å². The molecule has 3 N–H and O–H groups in total. The van der Waals surface area contributed by atoms with Crippen LogP contribution in [-0.4, -0.2) is 64.8 Å². The van der Waals surface area contributed by atoms with Crippen LogP contribution in [0.5, 0.6) is 0 Å². The Balaban J connectivity index is 1.39. The lowest BCUT2D eigenvalue weighted by molar-refractivity contribution is -0.132. The smallest absolute Gasteiger partial charge is 0.271 e. The fraction of sp³-hybridized carbons (Fsp3) is 0.556. The molecule has 3 heterocycles. The average Bonchev–Trinajstić information content (AvgIpc) is 3.66. The van der Waals surface area contributed by atoms with Crippen molar-refractivity contribution in [2.45, 2.75) is 62.4 Å². The number of thioether (sulfide) groups is 1. The third-order valence-corrected chi connectivity index (χ3v) is 9.03. The molecule has 9 heteroatoms. The molecule has 0 bridgehead atoms. The molecule has 3 amide bonds. The van der Waals surface area contributed by atoms with E-state index in [0.29, 0.717) is 31.6 Å². The predicted octanol–water partition coefficient (Wildman–Crippen LogP) is 3.12. The number of benzene rings is 1. The van der Waals surface area contributed by atoms with Gasteiger partial charge in [-0.3, -0.25) is 19.2 Å². The van der Waals surface area contributed by atoms with Gasteiger partial charge in [0, 0.05) is 41.2 Å². The average molecular weight is 511 g/mol. The fourth-order valence-corrected chi connectivity index (χ4v) is 6.96. The van der Waals surface area contributed by atoms with Crippen LogP contribution in [0.3, 0.4) is 0 Å². The van der Waals surface area contributed by atoms with Gasteiger partial charge in [0.05, 0.1) is 6.04 Å². The van der Waals surface area contributed by atoms with E-state index in [1.54, 1.807) is 23.6 Å². The zero-order valence-corrected chi connectivity index (χ0v) is 21.7. The lowest BCUT2D eigenvalue weighted by atomic mass is 9.91. The van der Waals surface area contributed by atoms with Crippen molar-refractivity contribution in [3.8, 4) is 0 Å². The van der Waals surface area contributed by atoms with E-state index in [-0.39, 0.29) is 47.7 Å². The molecule has 5 unspecified atom stereocenters. The molecule has 3 fully saturated rings.